The molecular formula is C17H29N3O. The third kappa shape index (κ3) is 3.15. The molecule has 0 bridgehead atoms. The fourth-order valence-corrected chi connectivity index (χ4v) is 3.80. The molecule has 3 rings (SSSR count). The molecule has 4 heteroatoms. The van der Waals surface area contributed by atoms with Gasteiger partial charge in [0.15, 0.2) is 0 Å². The van der Waals surface area contributed by atoms with Gasteiger partial charge in [0.05, 0.1) is 23.6 Å². The van der Waals surface area contributed by atoms with Crippen molar-refractivity contribution in [3.8, 4) is 0 Å². The van der Waals surface area contributed by atoms with Crippen LogP contribution in [0.25, 0.3) is 0 Å². The van der Waals surface area contributed by atoms with Crippen LogP contribution < -0.4 is 0 Å². The number of hydrogen-bond donors (Lipinski definition) is 0. The molecule has 1 aromatic rings. The van der Waals surface area contributed by atoms with Crippen LogP contribution in [0.3, 0.4) is 0 Å². The van der Waals surface area contributed by atoms with E-state index in [4.69, 9.17) is 4.74 Å². The lowest BCUT2D eigenvalue weighted by Gasteiger charge is -2.19. The molecule has 118 valence electrons. The van der Waals surface area contributed by atoms with Crippen LogP contribution >= 0.6 is 0 Å². The lowest BCUT2D eigenvalue weighted by atomic mass is 10.0. The van der Waals surface area contributed by atoms with E-state index in [0.717, 1.165) is 37.2 Å². The predicted octanol–water partition coefficient (Wildman–Crippen LogP) is 3.42. The van der Waals surface area contributed by atoms with Crippen molar-refractivity contribution < 1.29 is 4.74 Å². The van der Waals surface area contributed by atoms with E-state index in [2.05, 4.69) is 49.6 Å². The molecule has 1 saturated carbocycles. The molecule has 0 spiro atoms. The van der Waals surface area contributed by atoms with Gasteiger partial charge in [0.25, 0.3) is 0 Å². The highest BCUT2D eigenvalue weighted by Gasteiger charge is 2.50. The summed E-state index contributed by atoms with van der Waals surface area (Å²) in [7, 11) is 0. The van der Waals surface area contributed by atoms with E-state index in [-0.39, 0.29) is 5.60 Å². The predicted molar refractivity (Wildman–Crippen MR) is 83.2 cm³/mol. The molecule has 0 radical (unpaired) electrons. The zero-order chi connectivity index (χ0) is 15.2. The summed E-state index contributed by atoms with van der Waals surface area (Å²) in [6.07, 6.45) is 4.76. The Hall–Kier alpha value is -0.900. The Morgan fingerprint density at radius 1 is 1.19 bits per heavy atom. The Kier molecular flexibility index (Phi) is 3.85. The van der Waals surface area contributed by atoms with Gasteiger partial charge in [-0.15, -0.1) is 5.10 Å². The van der Waals surface area contributed by atoms with Crippen molar-refractivity contribution in [3.63, 3.8) is 0 Å². The summed E-state index contributed by atoms with van der Waals surface area (Å²) in [5.41, 5.74) is 2.61. The number of hydrogen-bond acceptors (Lipinski definition) is 3. The first-order valence-electron chi connectivity index (χ1n) is 8.43. The van der Waals surface area contributed by atoms with Crippen LogP contribution in [-0.2, 0) is 17.6 Å². The van der Waals surface area contributed by atoms with E-state index in [1.165, 1.54) is 24.2 Å². The molecule has 2 aliphatic rings. The molecule has 0 saturated heterocycles. The minimum absolute atomic E-state index is 0.0134. The highest BCUT2D eigenvalue weighted by Crippen LogP contribution is 2.53. The van der Waals surface area contributed by atoms with Gasteiger partial charge < -0.3 is 4.74 Å². The maximum Gasteiger partial charge on any atom is 0.0859 e. The van der Waals surface area contributed by atoms with Gasteiger partial charge in [0.2, 0.25) is 0 Å². The maximum atomic E-state index is 6.01. The Balaban J connectivity index is 1.63. The summed E-state index contributed by atoms with van der Waals surface area (Å²) < 4.78 is 8.14. The Labute approximate surface area is 128 Å². The van der Waals surface area contributed by atoms with Gasteiger partial charge in [-0.2, -0.15) is 0 Å². The minimum atomic E-state index is -0.0134. The summed E-state index contributed by atoms with van der Waals surface area (Å²) >= 11 is 0. The highest BCUT2D eigenvalue weighted by molar-refractivity contribution is 5.15. The quantitative estimate of drug-likeness (QED) is 0.856. The fourth-order valence-electron chi connectivity index (χ4n) is 3.80. The number of aryl methyl sites for hydroxylation is 1. The summed E-state index contributed by atoms with van der Waals surface area (Å²) in [5.74, 6) is 2.48. The molecule has 3 unspecified atom stereocenters. The molecule has 1 aromatic heterocycles. The molecule has 0 aliphatic heterocycles. The van der Waals surface area contributed by atoms with Crippen LogP contribution in [0.1, 0.15) is 64.9 Å². The molecule has 0 amide bonds. The van der Waals surface area contributed by atoms with Crippen molar-refractivity contribution in [2.75, 3.05) is 6.61 Å². The normalized spacial score (nSPS) is 28.8. The molecule has 0 aromatic carbocycles. The first-order valence-corrected chi connectivity index (χ1v) is 8.43. The van der Waals surface area contributed by atoms with Gasteiger partial charge in [-0.3, -0.25) is 0 Å². The average molecular weight is 291 g/mol. The smallest absolute Gasteiger partial charge is 0.0859 e. The second-order valence-electron chi connectivity index (χ2n) is 8.01. The summed E-state index contributed by atoms with van der Waals surface area (Å²) in [5, 5.41) is 8.77. The topological polar surface area (TPSA) is 39.9 Å². The van der Waals surface area contributed by atoms with Gasteiger partial charge in [-0.1, -0.05) is 5.21 Å². The van der Waals surface area contributed by atoms with Crippen molar-refractivity contribution >= 4 is 0 Å². The summed E-state index contributed by atoms with van der Waals surface area (Å²) in [4.78, 5) is 0. The van der Waals surface area contributed by atoms with E-state index in [9.17, 15) is 0 Å². The van der Waals surface area contributed by atoms with Crippen molar-refractivity contribution in [1.82, 2.24) is 15.0 Å². The van der Waals surface area contributed by atoms with Gasteiger partial charge in [0.1, 0.15) is 0 Å². The minimum Gasteiger partial charge on any atom is -0.376 e. The number of fused-ring (bicyclic) bond motifs is 2. The number of nitrogens with zero attached hydrogens (tertiary/aromatic N) is 3. The maximum absolute atomic E-state index is 6.01. The first kappa shape index (κ1) is 15.0. The van der Waals surface area contributed by atoms with Crippen molar-refractivity contribution in [1.29, 1.82) is 0 Å². The number of rotatable bonds is 3. The van der Waals surface area contributed by atoms with Crippen LogP contribution in [0.5, 0.6) is 0 Å². The Morgan fingerprint density at radius 3 is 2.48 bits per heavy atom. The van der Waals surface area contributed by atoms with Crippen LogP contribution in [0.15, 0.2) is 0 Å². The van der Waals surface area contributed by atoms with Gasteiger partial charge in [-0.25, -0.2) is 4.68 Å². The zero-order valence-electron chi connectivity index (χ0n) is 14.1. The third-order valence-electron chi connectivity index (χ3n) is 5.01. The second-order valence-corrected chi connectivity index (χ2v) is 8.01. The van der Waals surface area contributed by atoms with E-state index in [0.29, 0.717) is 6.04 Å². The summed E-state index contributed by atoms with van der Waals surface area (Å²) in [6, 6.07) is 0.413. The van der Waals surface area contributed by atoms with E-state index in [1.807, 2.05) is 0 Å². The van der Waals surface area contributed by atoms with Gasteiger partial charge in [-0.05, 0) is 78.1 Å². The second kappa shape index (κ2) is 5.38. The van der Waals surface area contributed by atoms with E-state index < -0.39 is 0 Å². The molecule has 0 N–H and O–H groups in total. The monoisotopic (exact) mass is 291 g/mol. The largest absolute Gasteiger partial charge is 0.376 e. The molecule has 1 heterocycles. The summed E-state index contributed by atoms with van der Waals surface area (Å²) in [6.45, 7) is 11.7. The SMILES string of the molecule is CC(C)n1nnc2c1CCC1C(CC2)C1COC(C)(C)C. The lowest BCUT2D eigenvalue weighted by Crippen LogP contribution is -2.21. The van der Waals surface area contributed by atoms with Crippen molar-refractivity contribution in [2.45, 2.75) is 71.9 Å². The van der Waals surface area contributed by atoms with E-state index in [1.54, 1.807) is 0 Å². The zero-order valence-corrected chi connectivity index (χ0v) is 14.1. The standard InChI is InChI=1S/C17H29N3O/c1-11(2)20-16-9-7-13-12(6-8-15(16)18-19-20)14(13)10-21-17(3,4)5/h11-14H,6-10H2,1-5H3. The van der Waals surface area contributed by atoms with Crippen LogP contribution in [0.2, 0.25) is 0 Å². The van der Waals surface area contributed by atoms with Gasteiger partial charge >= 0.3 is 0 Å². The number of ether oxygens (including phenoxy) is 1. The van der Waals surface area contributed by atoms with Crippen molar-refractivity contribution in [2.24, 2.45) is 17.8 Å². The lowest BCUT2D eigenvalue weighted by molar-refractivity contribution is -0.0122. The molecule has 4 nitrogen and oxygen atoms in total. The fraction of sp³-hybridized carbons (Fsp3) is 0.882. The van der Waals surface area contributed by atoms with Crippen molar-refractivity contribution in [3.05, 3.63) is 11.4 Å². The van der Waals surface area contributed by atoms with Gasteiger partial charge in [0, 0.05) is 6.04 Å². The molecule has 1 fully saturated rings. The molecule has 21 heavy (non-hydrogen) atoms. The number of aromatic nitrogens is 3. The Bertz CT molecular complexity index is 501. The van der Waals surface area contributed by atoms with E-state index >= 15 is 0 Å². The van der Waals surface area contributed by atoms with Crippen LogP contribution in [-0.4, -0.2) is 27.2 Å². The average Bonchev–Trinajstić information content (AvgIpc) is 2.84. The molecular weight excluding hydrogens is 262 g/mol. The third-order valence-corrected chi connectivity index (χ3v) is 5.01. The highest BCUT2D eigenvalue weighted by atomic mass is 16.5. The first-order chi connectivity index (χ1) is 9.87. The molecule has 2 aliphatic carbocycles. The van der Waals surface area contributed by atoms with Crippen LogP contribution in [0.4, 0.5) is 0 Å². The Morgan fingerprint density at radius 2 is 1.86 bits per heavy atom. The van der Waals surface area contributed by atoms with Crippen LogP contribution in [0, 0.1) is 17.8 Å². The molecule has 3 atom stereocenters.